The van der Waals surface area contributed by atoms with Crippen molar-refractivity contribution in [3.63, 3.8) is 0 Å². The highest BCUT2D eigenvalue weighted by atomic mass is 16.7. The Kier molecular flexibility index (Phi) is 16.1. The average molecular weight is 802 g/mol. The van der Waals surface area contributed by atoms with E-state index in [0.717, 1.165) is 27.6 Å². The third-order valence-electron chi connectivity index (χ3n) is 9.87. The minimum Gasteiger partial charge on any atom is -0.351 e. The van der Waals surface area contributed by atoms with E-state index < -0.39 is 54.1 Å². The minimum atomic E-state index is -1.37. The molecule has 0 aliphatic carbocycles. The summed E-state index contributed by atoms with van der Waals surface area (Å²) in [4.78, 5) is 62.3. The van der Waals surface area contributed by atoms with Crippen molar-refractivity contribution < 1.29 is 28.7 Å². The van der Waals surface area contributed by atoms with Gasteiger partial charge in [-0.1, -0.05) is 115 Å². The van der Waals surface area contributed by atoms with Crippen molar-refractivity contribution in [1.29, 1.82) is 0 Å². The number of likely N-dealkylation sites (N-methyl/N-ethyl adjacent to an activating group) is 1. The van der Waals surface area contributed by atoms with Crippen LogP contribution in [0.2, 0.25) is 0 Å². The monoisotopic (exact) mass is 801 g/mol. The molecule has 1 heterocycles. The predicted molar refractivity (Wildman–Crippen MR) is 228 cm³/mol. The van der Waals surface area contributed by atoms with Crippen molar-refractivity contribution in [2.24, 2.45) is 0 Å². The van der Waals surface area contributed by atoms with E-state index in [1.54, 1.807) is 18.0 Å². The molecule has 2 atom stereocenters. The number of pyridine rings is 1. The van der Waals surface area contributed by atoms with Crippen LogP contribution in [0.1, 0.15) is 56.4 Å². The van der Waals surface area contributed by atoms with E-state index >= 15 is 4.79 Å². The summed E-state index contributed by atoms with van der Waals surface area (Å²) in [6.45, 7) is 8.07. The molecule has 5 amide bonds. The number of hydrogen-bond donors (Lipinski definition) is 4. The van der Waals surface area contributed by atoms with Gasteiger partial charge >= 0.3 is 6.03 Å². The van der Waals surface area contributed by atoms with Crippen LogP contribution in [-0.4, -0.2) is 90.4 Å². The number of carbonyl (C=O) groups excluding carboxylic acids is 4. The number of nitrogens with one attached hydrogen (secondary N) is 4. The lowest BCUT2D eigenvalue weighted by molar-refractivity contribution is -0.180. The Morgan fingerprint density at radius 1 is 0.729 bits per heavy atom. The van der Waals surface area contributed by atoms with E-state index in [2.05, 4.69) is 26.4 Å². The van der Waals surface area contributed by atoms with Crippen LogP contribution in [0.25, 0.3) is 10.9 Å². The van der Waals surface area contributed by atoms with Gasteiger partial charge in [-0.25, -0.2) is 9.80 Å². The lowest BCUT2D eigenvalue weighted by Crippen LogP contribution is -2.58. The summed E-state index contributed by atoms with van der Waals surface area (Å²) in [7, 11) is 1.53. The van der Waals surface area contributed by atoms with Gasteiger partial charge in [-0.2, -0.15) is 0 Å². The number of ether oxygens (including phenoxy) is 2. The molecular weight excluding hydrogens is 747 g/mol. The van der Waals surface area contributed by atoms with Gasteiger partial charge in [0, 0.05) is 44.9 Å². The molecule has 4 N–H and O–H groups in total. The standard InChI is InChI=1S/C46H55N7O6/c1-6-47-45(57)51-52(5)32-41(55)49-39(43(56)53(33(4)44(58-7-2)59-8-3)31-35-21-18-20-34-22-19-29-48-42(34)35)30-40(54)50-46(36-23-12-9-13-24-36,37-25-14-10-15-26-37)38-27-16-11-17-28-38/h9-29,33,39,44H,6-8,30-32H2,1-5H3,(H,49,55)(H,50,54)(H2,47,51,57)/t33-,39-/m0/s1. The summed E-state index contributed by atoms with van der Waals surface area (Å²) in [5.74, 6) is -1.64. The molecule has 13 heteroatoms. The van der Waals surface area contributed by atoms with Gasteiger partial charge in [0.05, 0.1) is 24.5 Å². The smallest absolute Gasteiger partial charge is 0.329 e. The van der Waals surface area contributed by atoms with Gasteiger partial charge in [0.2, 0.25) is 17.7 Å². The van der Waals surface area contributed by atoms with E-state index in [9.17, 15) is 14.4 Å². The highest BCUT2D eigenvalue weighted by molar-refractivity contribution is 5.93. The zero-order chi connectivity index (χ0) is 42.2. The molecule has 0 unspecified atom stereocenters. The second kappa shape index (κ2) is 21.6. The number of carbonyl (C=O) groups is 4. The van der Waals surface area contributed by atoms with Crippen LogP contribution in [-0.2, 0) is 35.9 Å². The van der Waals surface area contributed by atoms with Crippen molar-refractivity contribution in [3.05, 3.63) is 150 Å². The second-order valence-corrected chi connectivity index (χ2v) is 14.0. The number of nitrogens with zero attached hydrogens (tertiary/aromatic N) is 3. The van der Waals surface area contributed by atoms with Gasteiger partial charge in [-0.15, -0.1) is 0 Å². The maximum Gasteiger partial charge on any atom is 0.329 e. The number of fused-ring (bicyclic) bond motifs is 1. The largest absolute Gasteiger partial charge is 0.351 e. The van der Waals surface area contributed by atoms with Gasteiger partial charge in [-0.3, -0.25) is 24.8 Å². The quantitative estimate of drug-likeness (QED) is 0.0458. The van der Waals surface area contributed by atoms with E-state index in [-0.39, 0.29) is 13.1 Å². The van der Waals surface area contributed by atoms with Crippen molar-refractivity contribution in [3.8, 4) is 0 Å². The van der Waals surface area contributed by atoms with Crippen LogP contribution < -0.4 is 21.4 Å². The van der Waals surface area contributed by atoms with Crippen molar-refractivity contribution in [1.82, 2.24) is 36.3 Å². The first kappa shape index (κ1) is 44.0. The Balaban J connectivity index is 1.58. The van der Waals surface area contributed by atoms with Crippen molar-refractivity contribution in [2.75, 3.05) is 33.4 Å². The van der Waals surface area contributed by atoms with Crippen LogP contribution in [0.5, 0.6) is 0 Å². The number of benzene rings is 4. The zero-order valence-electron chi connectivity index (χ0n) is 34.4. The molecule has 5 rings (SSSR count). The maximum atomic E-state index is 15.2. The van der Waals surface area contributed by atoms with Gasteiger partial charge in [0.1, 0.15) is 11.6 Å². The molecular formula is C46H55N7O6. The van der Waals surface area contributed by atoms with Crippen LogP contribution in [0.4, 0.5) is 4.79 Å². The first-order valence-electron chi connectivity index (χ1n) is 20.0. The summed E-state index contributed by atoms with van der Waals surface area (Å²) < 4.78 is 12.0. The third kappa shape index (κ3) is 11.3. The van der Waals surface area contributed by atoms with Crippen molar-refractivity contribution in [2.45, 2.75) is 64.6 Å². The Bertz CT molecular complexity index is 2010. The van der Waals surface area contributed by atoms with Gasteiger partial charge in [-0.05, 0) is 56.0 Å². The zero-order valence-corrected chi connectivity index (χ0v) is 34.4. The molecule has 310 valence electrons. The highest BCUT2D eigenvalue weighted by Crippen LogP contribution is 2.37. The minimum absolute atomic E-state index is 0.0691. The molecule has 59 heavy (non-hydrogen) atoms. The Morgan fingerprint density at radius 2 is 1.29 bits per heavy atom. The van der Waals surface area contributed by atoms with E-state index in [1.165, 1.54) is 12.1 Å². The number of rotatable bonds is 20. The summed E-state index contributed by atoms with van der Waals surface area (Å²) in [6.07, 6.45) is 0.440. The van der Waals surface area contributed by atoms with Gasteiger partial charge in [0.15, 0.2) is 6.29 Å². The molecule has 4 aromatic carbocycles. The first-order chi connectivity index (χ1) is 28.6. The molecule has 5 aromatic rings. The first-order valence-corrected chi connectivity index (χ1v) is 20.0. The molecule has 0 aliphatic heterocycles. The number of amides is 5. The average Bonchev–Trinajstić information content (AvgIpc) is 3.25. The number of urea groups is 1. The van der Waals surface area contributed by atoms with E-state index in [4.69, 9.17) is 9.47 Å². The molecule has 0 fully saturated rings. The lowest BCUT2D eigenvalue weighted by Gasteiger charge is -2.38. The Labute approximate surface area is 346 Å². The van der Waals surface area contributed by atoms with Crippen LogP contribution >= 0.6 is 0 Å². The topological polar surface area (TPSA) is 154 Å². The summed E-state index contributed by atoms with van der Waals surface area (Å²) >= 11 is 0. The Morgan fingerprint density at radius 3 is 1.83 bits per heavy atom. The van der Waals surface area contributed by atoms with E-state index in [1.807, 2.05) is 142 Å². The third-order valence-corrected chi connectivity index (χ3v) is 9.87. The summed E-state index contributed by atoms with van der Waals surface area (Å²) in [5, 5.41) is 11.0. The summed E-state index contributed by atoms with van der Waals surface area (Å²) in [5.41, 5.74) is 5.26. The molecule has 1 aromatic heterocycles. The van der Waals surface area contributed by atoms with Crippen LogP contribution in [0.3, 0.4) is 0 Å². The molecule has 0 saturated heterocycles. The normalized spacial score (nSPS) is 12.5. The molecule has 0 saturated carbocycles. The summed E-state index contributed by atoms with van der Waals surface area (Å²) in [6, 6.07) is 35.9. The van der Waals surface area contributed by atoms with Gasteiger partial charge in [0.25, 0.3) is 0 Å². The molecule has 0 spiro atoms. The second-order valence-electron chi connectivity index (χ2n) is 14.0. The van der Waals surface area contributed by atoms with Gasteiger partial charge < -0.3 is 30.3 Å². The predicted octanol–water partition coefficient (Wildman–Crippen LogP) is 5.50. The Hall–Kier alpha value is -6.15. The fraction of sp³-hybridized carbons (Fsp3) is 0.326. The molecule has 0 bridgehead atoms. The van der Waals surface area contributed by atoms with Crippen LogP contribution in [0, 0.1) is 0 Å². The molecule has 0 aliphatic rings. The number of aromatic nitrogens is 1. The fourth-order valence-electron chi connectivity index (χ4n) is 7.20. The number of hydrogen-bond acceptors (Lipinski definition) is 8. The fourth-order valence-corrected chi connectivity index (χ4v) is 7.20. The number of hydrazine groups is 1. The molecule has 13 nitrogen and oxygen atoms in total. The van der Waals surface area contributed by atoms with E-state index in [0.29, 0.717) is 25.3 Å². The lowest BCUT2D eigenvalue weighted by atomic mass is 9.77. The SMILES string of the molecule is CCNC(=O)NN(C)CC(=O)N[C@@H](CC(=O)NC(c1ccccc1)(c1ccccc1)c1ccccc1)C(=O)N(Cc1cccc2cccnc12)[C@@H](C)C(OCC)OCC. The van der Waals surface area contributed by atoms with Crippen LogP contribution in [0.15, 0.2) is 128 Å². The highest BCUT2D eigenvalue weighted by Gasteiger charge is 2.40. The molecule has 0 radical (unpaired) electrons. The maximum absolute atomic E-state index is 15.2. The number of para-hydroxylation sites is 1. The van der Waals surface area contributed by atoms with Crippen molar-refractivity contribution >= 4 is 34.7 Å².